The van der Waals surface area contributed by atoms with Gasteiger partial charge in [0.05, 0.1) is 22.2 Å². The summed E-state index contributed by atoms with van der Waals surface area (Å²) in [5.41, 5.74) is 1.38. The second-order valence-electron chi connectivity index (χ2n) is 8.02. The standard InChI is InChI=1S/C22H28O6S2/c1-18-3-7-20(8-4-18)29(23,24)16-13-22(11-14-27-15-12-22)17-28-30(25,26)21-9-5-19(2)6-10-21/h3-10H,11-17H2,1-2H3. The SMILES string of the molecule is Cc1ccc(S(=O)(=O)CCC2(COS(=O)(=O)c3ccc(C)cc3)CCOCC2)cc1. The molecule has 1 heterocycles. The van der Waals surface area contributed by atoms with Crippen molar-refractivity contribution in [2.75, 3.05) is 25.6 Å². The van der Waals surface area contributed by atoms with Crippen LogP contribution in [0.1, 0.15) is 30.4 Å². The maximum absolute atomic E-state index is 12.8. The van der Waals surface area contributed by atoms with Gasteiger partial charge < -0.3 is 4.74 Å². The molecule has 1 fully saturated rings. The highest BCUT2D eigenvalue weighted by Crippen LogP contribution is 2.36. The van der Waals surface area contributed by atoms with Gasteiger partial charge in [-0.25, -0.2) is 8.42 Å². The summed E-state index contributed by atoms with van der Waals surface area (Å²) in [5.74, 6) is -0.0655. The van der Waals surface area contributed by atoms with Crippen LogP contribution in [-0.2, 0) is 28.9 Å². The third-order valence-electron chi connectivity index (χ3n) is 5.66. The summed E-state index contributed by atoms with van der Waals surface area (Å²) in [5, 5.41) is 0. The van der Waals surface area contributed by atoms with Crippen LogP contribution in [-0.4, -0.2) is 42.4 Å². The summed E-state index contributed by atoms with van der Waals surface area (Å²) in [6, 6.07) is 13.2. The van der Waals surface area contributed by atoms with Gasteiger partial charge in [-0.15, -0.1) is 0 Å². The zero-order valence-corrected chi connectivity index (χ0v) is 19.0. The Bertz CT molecular complexity index is 968. The molecule has 0 unspecified atom stereocenters. The Labute approximate surface area is 179 Å². The summed E-state index contributed by atoms with van der Waals surface area (Å²) in [7, 11) is -7.39. The summed E-state index contributed by atoms with van der Waals surface area (Å²) >= 11 is 0. The van der Waals surface area contributed by atoms with E-state index in [9.17, 15) is 16.8 Å². The molecule has 0 spiro atoms. The Morgan fingerprint density at radius 1 is 0.833 bits per heavy atom. The van der Waals surface area contributed by atoms with E-state index in [-0.39, 0.29) is 22.2 Å². The molecule has 0 bridgehead atoms. The van der Waals surface area contributed by atoms with Crippen molar-refractivity contribution in [1.29, 1.82) is 0 Å². The lowest BCUT2D eigenvalue weighted by Gasteiger charge is -2.36. The van der Waals surface area contributed by atoms with Crippen LogP contribution in [0.15, 0.2) is 58.3 Å². The number of ether oxygens (including phenoxy) is 1. The average Bonchev–Trinajstić information content (AvgIpc) is 2.73. The molecule has 1 saturated heterocycles. The number of sulfone groups is 1. The minimum Gasteiger partial charge on any atom is -0.381 e. The fourth-order valence-electron chi connectivity index (χ4n) is 3.46. The molecule has 30 heavy (non-hydrogen) atoms. The van der Waals surface area contributed by atoms with Gasteiger partial charge in [0.2, 0.25) is 0 Å². The van der Waals surface area contributed by atoms with Crippen molar-refractivity contribution in [3.63, 3.8) is 0 Å². The van der Waals surface area contributed by atoms with Crippen molar-refractivity contribution < 1.29 is 25.8 Å². The number of hydrogen-bond acceptors (Lipinski definition) is 6. The van der Waals surface area contributed by atoms with E-state index < -0.39 is 25.4 Å². The first-order valence-corrected chi connectivity index (χ1v) is 13.0. The van der Waals surface area contributed by atoms with Crippen LogP contribution in [0.25, 0.3) is 0 Å². The Hall–Kier alpha value is -1.74. The summed E-state index contributed by atoms with van der Waals surface area (Å²) in [6.45, 7) is 4.63. The van der Waals surface area contributed by atoms with Crippen LogP contribution in [0.5, 0.6) is 0 Å². The molecule has 2 aromatic carbocycles. The zero-order chi connectivity index (χ0) is 21.8. The largest absolute Gasteiger partial charge is 0.381 e. The normalized spacial score (nSPS) is 17.0. The van der Waals surface area contributed by atoms with Crippen molar-refractivity contribution in [3.8, 4) is 0 Å². The molecule has 0 atom stereocenters. The van der Waals surface area contributed by atoms with E-state index in [1.54, 1.807) is 36.4 Å². The molecule has 0 saturated carbocycles. The van der Waals surface area contributed by atoms with E-state index in [0.29, 0.717) is 32.5 Å². The van der Waals surface area contributed by atoms with Gasteiger partial charge in [0.15, 0.2) is 9.84 Å². The van der Waals surface area contributed by atoms with Crippen molar-refractivity contribution >= 4 is 20.0 Å². The Morgan fingerprint density at radius 2 is 1.33 bits per heavy atom. The highest BCUT2D eigenvalue weighted by atomic mass is 32.2. The van der Waals surface area contributed by atoms with Crippen LogP contribution in [0.3, 0.4) is 0 Å². The van der Waals surface area contributed by atoms with Gasteiger partial charge >= 0.3 is 0 Å². The van der Waals surface area contributed by atoms with E-state index in [1.807, 2.05) is 13.8 Å². The predicted octanol–water partition coefficient (Wildman–Crippen LogP) is 3.67. The van der Waals surface area contributed by atoms with Crippen LogP contribution in [0.2, 0.25) is 0 Å². The predicted molar refractivity (Wildman–Crippen MR) is 115 cm³/mol. The van der Waals surface area contributed by atoms with E-state index in [4.69, 9.17) is 8.92 Å². The van der Waals surface area contributed by atoms with Crippen LogP contribution in [0.4, 0.5) is 0 Å². The highest BCUT2D eigenvalue weighted by Gasteiger charge is 2.36. The third-order valence-corrected chi connectivity index (χ3v) is 8.67. The first-order valence-electron chi connectivity index (χ1n) is 9.95. The molecule has 0 N–H and O–H groups in total. The highest BCUT2D eigenvalue weighted by molar-refractivity contribution is 7.91. The van der Waals surface area contributed by atoms with Crippen LogP contribution >= 0.6 is 0 Å². The van der Waals surface area contributed by atoms with Crippen molar-refractivity contribution in [2.24, 2.45) is 5.41 Å². The second-order valence-corrected chi connectivity index (χ2v) is 11.7. The van der Waals surface area contributed by atoms with Gasteiger partial charge in [-0.2, -0.15) is 8.42 Å². The quantitative estimate of drug-likeness (QED) is 0.568. The smallest absolute Gasteiger partial charge is 0.296 e. The van der Waals surface area contributed by atoms with E-state index in [0.717, 1.165) is 11.1 Å². The second kappa shape index (κ2) is 9.18. The molecular formula is C22H28O6S2. The van der Waals surface area contributed by atoms with Crippen molar-refractivity contribution in [3.05, 3.63) is 59.7 Å². The van der Waals surface area contributed by atoms with Crippen LogP contribution in [0, 0.1) is 19.3 Å². The minimum absolute atomic E-state index is 0.0595. The fraction of sp³-hybridized carbons (Fsp3) is 0.455. The molecule has 6 nitrogen and oxygen atoms in total. The van der Waals surface area contributed by atoms with Gasteiger partial charge in [0, 0.05) is 18.6 Å². The molecular weight excluding hydrogens is 424 g/mol. The molecule has 1 aliphatic rings. The van der Waals surface area contributed by atoms with Gasteiger partial charge in [0.1, 0.15) is 0 Å². The summed E-state index contributed by atoms with van der Waals surface area (Å²) in [4.78, 5) is 0.381. The van der Waals surface area contributed by atoms with E-state index in [2.05, 4.69) is 0 Å². The maximum atomic E-state index is 12.8. The molecule has 1 aliphatic heterocycles. The topological polar surface area (TPSA) is 86.7 Å². The van der Waals surface area contributed by atoms with E-state index in [1.165, 1.54) is 12.1 Å². The van der Waals surface area contributed by atoms with Crippen LogP contribution < -0.4 is 0 Å². The van der Waals surface area contributed by atoms with Crippen molar-refractivity contribution in [1.82, 2.24) is 0 Å². The number of aryl methyl sites for hydroxylation is 2. The lowest BCUT2D eigenvalue weighted by atomic mass is 9.79. The average molecular weight is 453 g/mol. The molecule has 8 heteroatoms. The molecule has 0 amide bonds. The maximum Gasteiger partial charge on any atom is 0.296 e. The summed E-state index contributed by atoms with van der Waals surface area (Å²) < 4.78 is 61.6. The molecule has 3 rings (SSSR count). The lowest BCUT2D eigenvalue weighted by molar-refractivity contribution is -0.0104. The molecule has 0 radical (unpaired) electrons. The van der Waals surface area contributed by atoms with Gasteiger partial charge in [-0.1, -0.05) is 35.4 Å². The minimum atomic E-state index is -3.92. The number of benzene rings is 2. The van der Waals surface area contributed by atoms with Gasteiger partial charge in [-0.3, -0.25) is 4.18 Å². The molecule has 164 valence electrons. The first-order chi connectivity index (χ1) is 14.1. The van der Waals surface area contributed by atoms with Gasteiger partial charge in [0.25, 0.3) is 10.1 Å². The summed E-state index contributed by atoms with van der Waals surface area (Å²) in [6.07, 6.45) is 1.43. The zero-order valence-electron chi connectivity index (χ0n) is 17.3. The molecule has 0 aliphatic carbocycles. The number of hydrogen-bond donors (Lipinski definition) is 0. The van der Waals surface area contributed by atoms with Gasteiger partial charge in [-0.05, 0) is 57.4 Å². The number of rotatable bonds is 8. The lowest BCUT2D eigenvalue weighted by Crippen LogP contribution is -2.36. The first kappa shape index (κ1) is 22.9. The molecule has 2 aromatic rings. The Morgan fingerprint density at radius 3 is 1.87 bits per heavy atom. The molecule has 0 aromatic heterocycles. The fourth-order valence-corrected chi connectivity index (χ4v) is 5.96. The Kier molecular flexibility index (Phi) is 7.02. The van der Waals surface area contributed by atoms with E-state index >= 15 is 0 Å². The Balaban J connectivity index is 1.73. The third kappa shape index (κ3) is 5.69. The monoisotopic (exact) mass is 452 g/mol. The van der Waals surface area contributed by atoms with Crippen molar-refractivity contribution in [2.45, 2.75) is 42.9 Å².